The number of nitrogens with one attached hydrogen (secondary N) is 1. The molecule has 2 aromatic heterocycles. The van der Waals surface area contributed by atoms with Crippen molar-refractivity contribution in [1.29, 1.82) is 0 Å². The van der Waals surface area contributed by atoms with Crippen molar-refractivity contribution >= 4 is 45.4 Å². The van der Waals surface area contributed by atoms with Gasteiger partial charge < -0.3 is 15.8 Å². The van der Waals surface area contributed by atoms with E-state index < -0.39 is 6.61 Å². The molecule has 26 heavy (non-hydrogen) atoms. The average Bonchev–Trinajstić information content (AvgIpc) is 2.97. The number of ether oxygens (including phenoxy) is 1. The summed E-state index contributed by atoms with van der Waals surface area (Å²) >= 11 is 6.97. The molecule has 3 rings (SSSR count). The van der Waals surface area contributed by atoms with E-state index in [1.54, 1.807) is 12.1 Å². The molecule has 0 unspecified atom stereocenters. The van der Waals surface area contributed by atoms with Crippen molar-refractivity contribution in [3.05, 3.63) is 58.2 Å². The minimum Gasteiger partial charge on any atom is -0.433 e. The molecule has 10 heteroatoms. The Kier molecular flexibility index (Phi) is 5.29. The monoisotopic (exact) mass is 396 g/mol. The van der Waals surface area contributed by atoms with Crippen LogP contribution in [0.3, 0.4) is 0 Å². The summed E-state index contributed by atoms with van der Waals surface area (Å²) in [6.07, 6.45) is 3.02. The molecular weight excluding hydrogens is 386 g/mol. The van der Waals surface area contributed by atoms with Crippen LogP contribution in [0.1, 0.15) is 15.2 Å². The van der Waals surface area contributed by atoms with Crippen molar-refractivity contribution in [2.75, 3.05) is 11.1 Å². The van der Waals surface area contributed by atoms with Crippen molar-refractivity contribution in [2.24, 2.45) is 0 Å². The number of alkyl halides is 2. The Morgan fingerprint density at radius 1 is 1.27 bits per heavy atom. The smallest absolute Gasteiger partial charge is 0.387 e. The Hall–Kier alpha value is -2.78. The number of nitrogen functional groups attached to an aromatic ring is 1. The summed E-state index contributed by atoms with van der Waals surface area (Å²) in [5, 5.41) is 3.30. The summed E-state index contributed by atoms with van der Waals surface area (Å²) in [5.41, 5.74) is 6.76. The number of halogens is 3. The highest BCUT2D eigenvalue weighted by Gasteiger charge is 2.18. The number of pyridine rings is 1. The number of rotatable bonds is 6. The number of aromatic nitrogens is 2. The van der Waals surface area contributed by atoms with Gasteiger partial charge in [0, 0.05) is 23.6 Å². The second-order valence-corrected chi connectivity index (χ2v) is 6.35. The predicted molar refractivity (Wildman–Crippen MR) is 95.6 cm³/mol. The van der Waals surface area contributed by atoms with E-state index in [2.05, 4.69) is 20.0 Å². The number of nitrogens with zero attached hydrogens (tertiary/aromatic N) is 2. The van der Waals surface area contributed by atoms with Crippen molar-refractivity contribution in [2.45, 2.75) is 6.61 Å². The quantitative estimate of drug-likeness (QED) is 0.602. The van der Waals surface area contributed by atoms with E-state index >= 15 is 0 Å². The standard InChI is InChI=1S/C16H11ClF2N4O2S/c17-10-7-9(1-2-11(10)25-15(18)19)22-16-23-14(20)13(26-16)12(24)8-3-5-21-6-4-8/h1-7,15H,20H2,(H,22,23). The molecule has 1 aromatic carbocycles. The second-order valence-electron chi connectivity index (χ2n) is 4.95. The first-order valence-corrected chi connectivity index (χ1v) is 8.36. The summed E-state index contributed by atoms with van der Waals surface area (Å²) in [5.74, 6) is -0.323. The highest BCUT2D eigenvalue weighted by Crippen LogP contribution is 2.33. The molecule has 3 N–H and O–H groups in total. The SMILES string of the molecule is Nc1nc(Nc2ccc(OC(F)F)c(Cl)c2)sc1C(=O)c1ccncc1. The fourth-order valence-corrected chi connectivity index (χ4v) is 3.17. The largest absolute Gasteiger partial charge is 0.433 e. The van der Waals surface area contributed by atoms with Crippen LogP contribution in [-0.2, 0) is 0 Å². The Balaban J connectivity index is 1.79. The minimum absolute atomic E-state index is 0.00733. The average molecular weight is 397 g/mol. The molecule has 0 fully saturated rings. The molecule has 0 aliphatic carbocycles. The van der Waals surface area contributed by atoms with Gasteiger partial charge in [-0.1, -0.05) is 22.9 Å². The molecule has 2 heterocycles. The lowest BCUT2D eigenvalue weighted by molar-refractivity contribution is -0.0497. The van der Waals surface area contributed by atoms with E-state index in [9.17, 15) is 13.6 Å². The molecule has 3 aromatic rings. The molecule has 0 aliphatic heterocycles. The zero-order valence-electron chi connectivity index (χ0n) is 12.9. The fourth-order valence-electron chi connectivity index (χ4n) is 2.08. The highest BCUT2D eigenvalue weighted by atomic mass is 35.5. The Bertz CT molecular complexity index is 937. The maximum atomic E-state index is 12.5. The topological polar surface area (TPSA) is 90.1 Å². The van der Waals surface area contributed by atoms with Crippen LogP contribution in [0.25, 0.3) is 0 Å². The number of hydrogen-bond acceptors (Lipinski definition) is 7. The van der Waals surface area contributed by atoms with Crippen molar-refractivity contribution < 1.29 is 18.3 Å². The van der Waals surface area contributed by atoms with Gasteiger partial charge in [0.1, 0.15) is 16.4 Å². The molecule has 0 atom stereocenters. The molecule has 0 saturated heterocycles. The Morgan fingerprint density at radius 2 is 2.00 bits per heavy atom. The number of carbonyl (C=O) groups is 1. The van der Waals surface area contributed by atoms with Crippen LogP contribution in [0.2, 0.25) is 5.02 Å². The first-order valence-electron chi connectivity index (χ1n) is 7.16. The summed E-state index contributed by atoms with van der Waals surface area (Å²) < 4.78 is 28.8. The normalized spacial score (nSPS) is 10.8. The summed E-state index contributed by atoms with van der Waals surface area (Å²) in [7, 11) is 0. The van der Waals surface area contributed by atoms with Gasteiger partial charge in [-0.15, -0.1) is 0 Å². The van der Waals surface area contributed by atoms with Crippen LogP contribution in [0.4, 0.5) is 25.4 Å². The lowest BCUT2D eigenvalue weighted by Gasteiger charge is -2.08. The molecular formula is C16H11ClF2N4O2S. The lowest BCUT2D eigenvalue weighted by Crippen LogP contribution is -2.02. The Morgan fingerprint density at radius 3 is 2.65 bits per heavy atom. The number of hydrogen-bond donors (Lipinski definition) is 2. The zero-order valence-corrected chi connectivity index (χ0v) is 14.5. The number of nitrogens with two attached hydrogens (primary N) is 1. The maximum absolute atomic E-state index is 12.5. The van der Waals surface area contributed by atoms with Gasteiger partial charge in [-0.3, -0.25) is 9.78 Å². The molecule has 0 aliphatic rings. The second kappa shape index (κ2) is 7.63. The molecule has 0 radical (unpaired) electrons. The zero-order chi connectivity index (χ0) is 18.7. The van der Waals surface area contributed by atoms with E-state index in [1.165, 1.54) is 30.6 Å². The molecule has 134 valence electrons. The molecule has 0 spiro atoms. The molecule has 0 amide bonds. The van der Waals surface area contributed by atoms with E-state index in [0.717, 1.165) is 11.3 Å². The van der Waals surface area contributed by atoms with Crippen LogP contribution in [0.15, 0.2) is 42.7 Å². The first-order chi connectivity index (χ1) is 12.4. The van der Waals surface area contributed by atoms with Gasteiger partial charge in [-0.2, -0.15) is 8.78 Å². The van der Waals surface area contributed by atoms with Gasteiger partial charge in [-0.05, 0) is 30.3 Å². The molecule has 6 nitrogen and oxygen atoms in total. The van der Waals surface area contributed by atoms with Crippen LogP contribution < -0.4 is 15.8 Å². The van der Waals surface area contributed by atoms with E-state index in [1.807, 2.05) is 0 Å². The summed E-state index contributed by atoms with van der Waals surface area (Å²) in [4.78, 5) is 20.7. The van der Waals surface area contributed by atoms with Gasteiger partial charge in [0.25, 0.3) is 0 Å². The van der Waals surface area contributed by atoms with Gasteiger partial charge in [0.15, 0.2) is 5.13 Å². The predicted octanol–water partition coefficient (Wildman–Crippen LogP) is 4.35. The van der Waals surface area contributed by atoms with Gasteiger partial charge in [0.05, 0.1) is 5.02 Å². The summed E-state index contributed by atoms with van der Waals surface area (Å²) in [6, 6.07) is 7.36. The first kappa shape index (κ1) is 18.0. The third-order valence-electron chi connectivity index (χ3n) is 3.20. The molecule has 0 saturated carbocycles. The number of benzene rings is 1. The van der Waals surface area contributed by atoms with Crippen LogP contribution >= 0.6 is 22.9 Å². The lowest BCUT2D eigenvalue weighted by atomic mass is 10.1. The Labute approximate surface area is 155 Å². The summed E-state index contributed by atoms with van der Waals surface area (Å²) in [6.45, 7) is -2.97. The number of thiazole rings is 1. The van der Waals surface area contributed by atoms with E-state index in [0.29, 0.717) is 16.4 Å². The van der Waals surface area contributed by atoms with Crippen molar-refractivity contribution in [3.8, 4) is 5.75 Å². The van der Waals surface area contributed by atoms with Gasteiger partial charge >= 0.3 is 6.61 Å². The fraction of sp³-hybridized carbons (Fsp3) is 0.0625. The van der Waals surface area contributed by atoms with Crippen LogP contribution in [0, 0.1) is 0 Å². The number of carbonyl (C=O) groups excluding carboxylic acids is 1. The number of anilines is 3. The maximum Gasteiger partial charge on any atom is 0.387 e. The van der Waals surface area contributed by atoms with Crippen LogP contribution in [-0.4, -0.2) is 22.4 Å². The van der Waals surface area contributed by atoms with Crippen LogP contribution in [0.5, 0.6) is 5.75 Å². The van der Waals surface area contributed by atoms with E-state index in [4.69, 9.17) is 17.3 Å². The van der Waals surface area contributed by atoms with Crippen molar-refractivity contribution in [3.63, 3.8) is 0 Å². The van der Waals surface area contributed by atoms with Gasteiger partial charge in [-0.25, -0.2) is 4.98 Å². The van der Waals surface area contributed by atoms with Crippen molar-refractivity contribution in [1.82, 2.24) is 9.97 Å². The van der Waals surface area contributed by atoms with E-state index in [-0.39, 0.29) is 27.3 Å². The van der Waals surface area contributed by atoms with Gasteiger partial charge in [0.2, 0.25) is 5.78 Å². The minimum atomic E-state index is -2.97. The highest BCUT2D eigenvalue weighted by molar-refractivity contribution is 7.18. The third-order valence-corrected chi connectivity index (χ3v) is 4.48. The molecule has 0 bridgehead atoms. The third kappa shape index (κ3) is 4.06. The number of ketones is 1.